The van der Waals surface area contributed by atoms with Crippen LogP contribution < -0.4 is 10.1 Å². The van der Waals surface area contributed by atoms with Crippen LogP contribution in [0.15, 0.2) is 23.7 Å². The summed E-state index contributed by atoms with van der Waals surface area (Å²) >= 11 is 1.56. The number of likely N-dealkylation sites (tertiary alicyclic amines) is 1. The summed E-state index contributed by atoms with van der Waals surface area (Å²) in [5.74, 6) is -0.123. The van der Waals surface area contributed by atoms with Crippen molar-refractivity contribution in [2.75, 3.05) is 26.7 Å². The minimum Gasteiger partial charge on any atom is -0.494 e. The number of hydrogen-bond donors (Lipinski definition) is 1. The number of methoxy groups -OCH3 is 1. The summed E-state index contributed by atoms with van der Waals surface area (Å²) in [6.07, 6.45) is 2.85. The number of nitrogens with zero attached hydrogens (tertiary/aromatic N) is 3. The van der Waals surface area contributed by atoms with Crippen LogP contribution in [0.1, 0.15) is 42.3 Å². The third kappa shape index (κ3) is 4.61. The van der Waals surface area contributed by atoms with E-state index in [1.54, 1.807) is 29.0 Å². The van der Waals surface area contributed by atoms with Gasteiger partial charge in [0.1, 0.15) is 5.54 Å². The largest absolute Gasteiger partial charge is 0.494 e. The number of carbonyl (C=O) groups excluding carboxylic acids is 2. The number of ether oxygens (including phenoxy) is 1. The zero-order valence-corrected chi connectivity index (χ0v) is 20.2. The molecular weight excluding hydrogens is 443 g/mol. The Hall–Kier alpha value is -2.52. The minimum absolute atomic E-state index is 0.0908. The molecule has 178 valence electrons. The van der Waals surface area contributed by atoms with Crippen molar-refractivity contribution in [2.45, 2.75) is 51.6 Å². The smallest absolute Gasteiger partial charge is 0.325 e. The van der Waals surface area contributed by atoms with E-state index >= 15 is 0 Å². The molecule has 1 unspecified atom stereocenters. The number of amides is 3. The number of aryl methyl sites for hydroxylation is 1. The molecule has 9 heteroatoms. The zero-order valence-electron chi connectivity index (χ0n) is 19.4. The fraction of sp³-hybridized carbons (Fsp3) is 0.542. The lowest BCUT2D eigenvalue weighted by Gasteiger charge is -2.40. The van der Waals surface area contributed by atoms with Crippen molar-refractivity contribution in [3.8, 4) is 5.75 Å². The monoisotopic (exact) mass is 474 g/mol. The average Bonchev–Trinajstić information content (AvgIpc) is 3.34. The third-order valence-corrected chi connectivity index (χ3v) is 8.07. The van der Waals surface area contributed by atoms with Crippen LogP contribution in [0.3, 0.4) is 0 Å². The Balaban J connectivity index is 1.38. The Labute approximate surface area is 197 Å². The van der Waals surface area contributed by atoms with Crippen LogP contribution in [0.2, 0.25) is 0 Å². The molecule has 1 atom stereocenters. The zero-order chi connectivity index (χ0) is 23.6. The number of benzene rings is 1. The molecule has 0 saturated carbocycles. The molecule has 2 fully saturated rings. The van der Waals surface area contributed by atoms with Gasteiger partial charge in [0.25, 0.3) is 5.91 Å². The summed E-state index contributed by atoms with van der Waals surface area (Å²) in [7, 11) is 1.46. The molecule has 3 heterocycles. The number of halogens is 1. The second kappa shape index (κ2) is 9.77. The summed E-state index contributed by atoms with van der Waals surface area (Å²) in [6.45, 7) is 6.63. The Bertz CT molecular complexity index is 1020. The molecule has 3 amide bonds. The van der Waals surface area contributed by atoms with Crippen molar-refractivity contribution in [2.24, 2.45) is 5.92 Å². The number of nitrogens with one attached hydrogen (secondary N) is 1. The number of urea groups is 1. The number of carbonyl (C=O) groups is 2. The van der Waals surface area contributed by atoms with Gasteiger partial charge in [0.2, 0.25) is 0 Å². The summed E-state index contributed by atoms with van der Waals surface area (Å²) in [5.41, 5.74) is 2.92. The van der Waals surface area contributed by atoms with Gasteiger partial charge in [-0.05, 0) is 62.9 Å². The molecule has 1 N–H and O–H groups in total. The van der Waals surface area contributed by atoms with Gasteiger partial charge >= 0.3 is 6.03 Å². The van der Waals surface area contributed by atoms with E-state index < -0.39 is 5.54 Å². The molecule has 2 saturated heterocycles. The lowest BCUT2D eigenvalue weighted by molar-refractivity contribution is -0.134. The second-order valence-corrected chi connectivity index (χ2v) is 9.78. The quantitative estimate of drug-likeness (QED) is 0.590. The molecule has 0 radical (unpaired) electrons. The average molecular weight is 475 g/mol. The fourth-order valence-corrected chi connectivity index (χ4v) is 5.85. The van der Waals surface area contributed by atoms with Crippen LogP contribution in [0.4, 0.5) is 9.18 Å². The van der Waals surface area contributed by atoms with Crippen molar-refractivity contribution >= 4 is 23.3 Å². The molecule has 0 aliphatic carbocycles. The second-order valence-electron chi connectivity index (χ2n) is 8.84. The Morgan fingerprint density at radius 2 is 2.06 bits per heavy atom. The van der Waals surface area contributed by atoms with E-state index in [1.807, 2.05) is 13.8 Å². The molecule has 0 bridgehead atoms. The first-order chi connectivity index (χ1) is 15.9. The van der Waals surface area contributed by atoms with Crippen LogP contribution in [-0.2, 0) is 17.8 Å². The molecular formula is C24H31FN4O3S. The van der Waals surface area contributed by atoms with Crippen LogP contribution in [0.5, 0.6) is 5.75 Å². The van der Waals surface area contributed by atoms with E-state index in [0.29, 0.717) is 25.9 Å². The van der Waals surface area contributed by atoms with Gasteiger partial charge in [0.05, 0.1) is 18.3 Å². The number of imide groups is 1. The minimum atomic E-state index is -0.828. The van der Waals surface area contributed by atoms with E-state index in [0.717, 1.165) is 42.1 Å². The van der Waals surface area contributed by atoms with Crippen LogP contribution in [0.25, 0.3) is 0 Å². The van der Waals surface area contributed by atoms with E-state index in [-0.39, 0.29) is 29.4 Å². The lowest BCUT2D eigenvalue weighted by atomic mass is 9.75. The first kappa shape index (κ1) is 23.6. The van der Waals surface area contributed by atoms with Gasteiger partial charge in [-0.2, -0.15) is 0 Å². The Morgan fingerprint density at radius 3 is 2.70 bits per heavy atom. The predicted molar refractivity (Wildman–Crippen MR) is 125 cm³/mol. The lowest BCUT2D eigenvalue weighted by Crippen LogP contribution is -2.55. The molecule has 2 aliphatic heterocycles. The van der Waals surface area contributed by atoms with E-state index in [4.69, 9.17) is 4.74 Å². The van der Waals surface area contributed by atoms with Gasteiger partial charge in [0, 0.05) is 24.4 Å². The van der Waals surface area contributed by atoms with Crippen LogP contribution in [-0.4, -0.2) is 59.0 Å². The maximum atomic E-state index is 13.7. The Morgan fingerprint density at radius 1 is 1.30 bits per heavy atom. The summed E-state index contributed by atoms with van der Waals surface area (Å²) in [6, 6.07) is 4.66. The SMILES string of the molecule is CCC1(C2CCN(Cc3ccc(F)c(OC)c3)CC2)NC(=O)N(CCc2scnc2C)C1=O. The van der Waals surface area contributed by atoms with Crippen molar-refractivity contribution < 1.29 is 18.7 Å². The highest BCUT2D eigenvalue weighted by Gasteiger charge is 2.54. The number of piperidine rings is 1. The Kier molecular flexibility index (Phi) is 6.99. The molecule has 1 aromatic carbocycles. The van der Waals surface area contributed by atoms with E-state index in [2.05, 4.69) is 15.2 Å². The molecule has 33 heavy (non-hydrogen) atoms. The normalized spacial score (nSPS) is 22.1. The van der Waals surface area contributed by atoms with Gasteiger partial charge in [-0.25, -0.2) is 14.2 Å². The van der Waals surface area contributed by atoms with Crippen molar-refractivity contribution in [1.29, 1.82) is 0 Å². The fourth-order valence-electron chi connectivity index (χ4n) is 5.08. The van der Waals surface area contributed by atoms with Crippen molar-refractivity contribution in [3.05, 3.63) is 45.7 Å². The van der Waals surface area contributed by atoms with Crippen LogP contribution >= 0.6 is 11.3 Å². The molecule has 0 spiro atoms. The first-order valence-corrected chi connectivity index (χ1v) is 12.3. The third-order valence-electron chi connectivity index (χ3n) is 7.07. The topological polar surface area (TPSA) is 74.8 Å². The highest BCUT2D eigenvalue weighted by Crippen LogP contribution is 2.36. The van der Waals surface area contributed by atoms with E-state index in [9.17, 15) is 14.0 Å². The highest BCUT2D eigenvalue weighted by atomic mass is 32.1. The number of thiazole rings is 1. The highest BCUT2D eigenvalue weighted by molar-refractivity contribution is 7.09. The molecule has 1 aromatic heterocycles. The molecule has 2 aromatic rings. The van der Waals surface area contributed by atoms with E-state index in [1.165, 1.54) is 18.1 Å². The first-order valence-electron chi connectivity index (χ1n) is 11.5. The molecule has 7 nitrogen and oxygen atoms in total. The number of aromatic nitrogens is 1. The standard InChI is InChI=1S/C24H31FN4O3S/c1-4-24(22(30)29(23(31)27-24)12-9-21-16(2)26-15-33-21)18-7-10-28(11-8-18)14-17-5-6-19(25)20(13-17)32-3/h5-6,13,15,18H,4,7-12,14H2,1-3H3,(H,27,31). The van der Waals surface area contributed by atoms with Crippen molar-refractivity contribution in [1.82, 2.24) is 20.1 Å². The van der Waals surface area contributed by atoms with Gasteiger partial charge in [0.15, 0.2) is 11.6 Å². The van der Waals surface area contributed by atoms with Gasteiger partial charge in [-0.1, -0.05) is 13.0 Å². The number of hydrogen-bond acceptors (Lipinski definition) is 6. The summed E-state index contributed by atoms with van der Waals surface area (Å²) in [5, 5.41) is 3.07. The van der Waals surface area contributed by atoms with Gasteiger partial charge in [-0.15, -0.1) is 11.3 Å². The van der Waals surface area contributed by atoms with Gasteiger partial charge < -0.3 is 10.1 Å². The maximum Gasteiger partial charge on any atom is 0.325 e. The molecule has 2 aliphatic rings. The van der Waals surface area contributed by atoms with Gasteiger partial charge in [-0.3, -0.25) is 14.6 Å². The number of rotatable bonds is 8. The van der Waals surface area contributed by atoms with Crippen molar-refractivity contribution in [3.63, 3.8) is 0 Å². The molecule has 4 rings (SSSR count). The van der Waals surface area contributed by atoms with Crippen LogP contribution in [0, 0.1) is 18.7 Å². The summed E-state index contributed by atoms with van der Waals surface area (Å²) < 4.78 is 18.8. The summed E-state index contributed by atoms with van der Waals surface area (Å²) in [4.78, 5) is 35.3. The predicted octanol–water partition coefficient (Wildman–Crippen LogP) is 3.75. The maximum absolute atomic E-state index is 13.7.